The van der Waals surface area contributed by atoms with Crippen LogP contribution in [0.5, 0.6) is 0 Å². The lowest BCUT2D eigenvalue weighted by Gasteiger charge is -2.13. The van der Waals surface area contributed by atoms with Gasteiger partial charge in [0, 0.05) is 24.3 Å². The molecule has 0 saturated heterocycles. The van der Waals surface area contributed by atoms with Gasteiger partial charge in [0.05, 0.1) is 26.7 Å². The fraction of sp³-hybridized carbons (Fsp3) is 0. The second-order valence-electron chi connectivity index (χ2n) is 4.71. The number of benzene rings is 2. The number of anilines is 1. The van der Waals surface area contributed by atoms with E-state index in [1.54, 1.807) is 0 Å². The lowest BCUT2D eigenvalue weighted by atomic mass is 10.1. The highest BCUT2D eigenvalue weighted by Crippen LogP contribution is 2.31. The van der Waals surface area contributed by atoms with E-state index < -0.39 is 21.7 Å². The number of nitro groups is 2. The zero-order chi connectivity index (χ0) is 16.7. The van der Waals surface area contributed by atoms with E-state index in [1.807, 2.05) is 0 Å². The van der Waals surface area contributed by atoms with E-state index in [0.717, 1.165) is 17.0 Å². The number of rotatable bonds is 3. The number of carbonyl (C=O) groups is 2. The molecule has 2 aromatic carbocycles. The predicted octanol–water partition coefficient (Wildman–Crippen LogP) is 2.30. The fourth-order valence-electron chi connectivity index (χ4n) is 2.30. The molecule has 2 aromatic rings. The Bertz CT molecular complexity index is 875. The molecule has 1 aliphatic rings. The molecule has 0 bridgehead atoms. The summed E-state index contributed by atoms with van der Waals surface area (Å²) >= 11 is 0. The Hall–Kier alpha value is -3.62. The third kappa shape index (κ3) is 2.20. The van der Waals surface area contributed by atoms with Gasteiger partial charge in [0.15, 0.2) is 0 Å². The van der Waals surface area contributed by atoms with Crippen LogP contribution in [0.15, 0.2) is 42.5 Å². The van der Waals surface area contributed by atoms with Crippen molar-refractivity contribution in [1.82, 2.24) is 0 Å². The average Bonchev–Trinajstić information content (AvgIpc) is 2.78. The predicted molar refractivity (Wildman–Crippen MR) is 77.3 cm³/mol. The maximum absolute atomic E-state index is 12.3. The molecule has 1 aliphatic heterocycles. The Morgan fingerprint density at radius 3 is 1.83 bits per heavy atom. The molecule has 0 fully saturated rings. The van der Waals surface area contributed by atoms with Gasteiger partial charge in [-0.2, -0.15) is 0 Å². The molecule has 0 aromatic heterocycles. The van der Waals surface area contributed by atoms with Crippen LogP contribution in [0.25, 0.3) is 0 Å². The van der Waals surface area contributed by atoms with Crippen LogP contribution in [0, 0.1) is 20.2 Å². The van der Waals surface area contributed by atoms with Gasteiger partial charge in [0.2, 0.25) is 0 Å². The first-order valence-electron chi connectivity index (χ1n) is 6.32. The number of nitro benzene ring substituents is 2. The van der Waals surface area contributed by atoms with Gasteiger partial charge < -0.3 is 0 Å². The second kappa shape index (κ2) is 4.98. The molecule has 1 heterocycles. The van der Waals surface area contributed by atoms with Crippen LogP contribution in [-0.4, -0.2) is 21.7 Å². The molecule has 0 unspecified atom stereocenters. The van der Waals surface area contributed by atoms with Gasteiger partial charge in [-0.05, 0) is 18.2 Å². The van der Waals surface area contributed by atoms with E-state index in [2.05, 4.69) is 0 Å². The first-order chi connectivity index (χ1) is 10.9. The number of hydrogen-bond acceptors (Lipinski definition) is 6. The van der Waals surface area contributed by atoms with Crippen LogP contribution >= 0.6 is 0 Å². The van der Waals surface area contributed by atoms with Crippen LogP contribution in [0.4, 0.5) is 17.1 Å². The molecule has 0 N–H and O–H groups in total. The van der Waals surface area contributed by atoms with Crippen molar-refractivity contribution in [3.8, 4) is 0 Å². The molecule has 2 amide bonds. The molecule has 0 saturated carbocycles. The Balaban J connectivity index is 2.02. The van der Waals surface area contributed by atoms with Gasteiger partial charge in [-0.15, -0.1) is 0 Å². The van der Waals surface area contributed by atoms with E-state index in [0.29, 0.717) is 0 Å². The number of nitrogens with zero attached hydrogens (tertiary/aromatic N) is 3. The van der Waals surface area contributed by atoms with Gasteiger partial charge in [-0.25, -0.2) is 4.90 Å². The molecule has 0 radical (unpaired) electrons. The Morgan fingerprint density at radius 2 is 1.26 bits per heavy atom. The summed E-state index contributed by atoms with van der Waals surface area (Å²) in [5, 5.41) is 21.4. The lowest BCUT2D eigenvalue weighted by molar-refractivity contribution is -0.385. The zero-order valence-corrected chi connectivity index (χ0v) is 11.3. The summed E-state index contributed by atoms with van der Waals surface area (Å²) in [6.07, 6.45) is 0. The Morgan fingerprint density at radius 1 is 0.739 bits per heavy atom. The normalized spacial score (nSPS) is 13.1. The molecule has 9 heteroatoms. The largest absolute Gasteiger partial charge is 0.270 e. The number of hydrogen-bond donors (Lipinski definition) is 0. The Kier molecular flexibility index (Phi) is 3.10. The third-order valence-corrected chi connectivity index (χ3v) is 3.40. The molecule has 23 heavy (non-hydrogen) atoms. The van der Waals surface area contributed by atoms with Crippen molar-refractivity contribution in [2.45, 2.75) is 0 Å². The molecular formula is C14H7N3O6. The smallest absolute Gasteiger partial charge is 0.268 e. The van der Waals surface area contributed by atoms with Crippen LogP contribution in [0.3, 0.4) is 0 Å². The minimum absolute atomic E-state index is 0.0546. The summed E-state index contributed by atoms with van der Waals surface area (Å²) in [7, 11) is 0. The number of fused-ring (bicyclic) bond motifs is 1. The minimum Gasteiger partial charge on any atom is -0.268 e. The SMILES string of the molecule is O=C1c2ccc([N+](=O)[O-])cc2C(=O)N1c1ccc([N+](=O)[O-])cc1. The topological polar surface area (TPSA) is 124 Å². The second-order valence-corrected chi connectivity index (χ2v) is 4.71. The van der Waals surface area contributed by atoms with Crippen molar-refractivity contribution in [2.75, 3.05) is 4.90 Å². The van der Waals surface area contributed by atoms with E-state index in [-0.39, 0.29) is 28.2 Å². The van der Waals surface area contributed by atoms with Gasteiger partial charge in [-0.3, -0.25) is 29.8 Å². The number of non-ortho nitro benzene ring substituents is 2. The van der Waals surface area contributed by atoms with Crippen LogP contribution < -0.4 is 4.90 Å². The summed E-state index contributed by atoms with van der Waals surface area (Å²) in [5.41, 5.74) is -0.331. The summed E-state index contributed by atoms with van der Waals surface area (Å²) in [6, 6.07) is 8.29. The molecule has 0 spiro atoms. The van der Waals surface area contributed by atoms with Gasteiger partial charge in [0.1, 0.15) is 0 Å². The average molecular weight is 313 g/mol. The number of carbonyl (C=O) groups excluding carboxylic acids is 2. The quantitative estimate of drug-likeness (QED) is 0.486. The van der Waals surface area contributed by atoms with Crippen molar-refractivity contribution in [3.63, 3.8) is 0 Å². The third-order valence-electron chi connectivity index (χ3n) is 3.40. The maximum Gasteiger partial charge on any atom is 0.270 e. The maximum atomic E-state index is 12.3. The van der Waals surface area contributed by atoms with Crippen LogP contribution in [0.2, 0.25) is 0 Å². The first kappa shape index (κ1) is 14.3. The summed E-state index contributed by atoms with van der Waals surface area (Å²) in [5.74, 6) is -1.34. The van der Waals surface area contributed by atoms with Gasteiger partial charge in [-0.1, -0.05) is 0 Å². The molecule has 3 rings (SSSR count). The highest BCUT2D eigenvalue weighted by Gasteiger charge is 2.37. The number of amides is 2. The minimum atomic E-state index is -0.706. The zero-order valence-electron chi connectivity index (χ0n) is 11.3. The Labute approximate surface area is 128 Å². The van der Waals surface area contributed by atoms with Crippen molar-refractivity contribution in [2.24, 2.45) is 0 Å². The number of imide groups is 1. The van der Waals surface area contributed by atoms with Gasteiger partial charge in [0.25, 0.3) is 23.2 Å². The highest BCUT2D eigenvalue weighted by molar-refractivity contribution is 6.34. The molecule has 0 aliphatic carbocycles. The van der Waals surface area contributed by atoms with Crippen LogP contribution in [0.1, 0.15) is 20.7 Å². The van der Waals surface area contributed by atoms with Crippen molar-refractivity contribution < 1.29 is 19.4 Å². The standard InChI is InChI=1S/C14H7N3O6/c18-13-11-6-5-10(17(22)23)7-12(11)14(19)15(13)8-1-3-9(4-2-8)16(20)21/h1-7H. The van der Waals surface area contributed by atoms with E-state index in [9.17, 15) is 29.8 Å². The summed E-state index contributed by atoms with van der Waals surface area (Å²) < 4.78 is 0. The highest BCUT2D eigenvalue weighted by atomic mass is 16.6. The molecular weight excluding hydrogens is 306 g/mol. The molecule has 114 valence electrons. The van der Waals surface area contributed by atoms with E-state index >= 15 is 0 Å². The molecule has 0 atom stereocenters. The molecule has 9 nitrogen and oxygen atoms in total. The lowest BCUT2D eigenvalue weighted by Crippen LogP contribution is -2.29. The van der Waals surface area contributed by atoms with E-state index in [1.165, 1.54) is 30.3 Å². The monoisotopic (exact) mass is 313 g/mol. The van der Waals surface area contributed by atoms with Crippen molar-refractivity contribution in [3.05, 3.63) is 73.8 Å². The van der Waals surface area contributed by atoms with Crippen LogP contribution in [-0.2, 0) is 0 Å². The fourth-order valence-corrected chi connectivity index (χ4v) is 2.30. The van der Waals surface area contributed by atoms with E-state index in [4.69, 9.17) is 0 Å². The van der Waals surface area contributed by atoms with Gasteiger partial charge >= 0.3 is 0 Å². The summed E-state index contributed by atoms with van der Waals surface area (Å²) in [4.78, 5) is 45.6. The van der Waals surface area contributed by atoms with Crippen molar-refractivity contribution in [1.29, 1.82) is 0 Å². The first-order valence-corrected chi connectivity index (χ1v) is 6.32. The van der Waals surface area contributed by atoms with Crippen molar-refractivity contribution >= 4 is 28.9 Å². The summed E-state index contributed by atoms with van der Waals surface area (Å²) in [6.45, 7) is 0.